The van der Waals surface area contributed by atoms with Crippen LogP contribution in [-0.2, 0) is 16.6 Å². The van der Waals surface area contributed by atoms with Crippen molar-refractivity contribution >= 4 is 32.4 Å². The Morgan fingerprint density at radius 2 is 2.00 bits per heavy atom. The standard InChI is InChI=1S/C15H15N5O3S2/c1-20(10-12-6-7-17-19-12)25(22,23)13-4-2-11(3-5-13)14(21)18-15-16-8-9-24-15/h2-9H,10H2,1H3,(H,17,19)(H,16,18,21). The third-order valence-electron chi connectivity index (χ3n) is 3.43. The van der Waals surface area contributed by atoms with Crippen LogP contribution in [0, 0.1) is 0 Å². The van der Waals surface area contributed by atoms with E-state index in [1.54, 1.807) is 23.8 Å². The molecule has 2 heterocycles. The van der Waals surface area contributed by atoms with Crippen LogP contribution in [0.15, 0.2) is 53.0 Å². The molecule has 1 amide bonds. The van der Waals surface area contributed by atoms with Crippen LogP contribution in [-0.4, -0.2) is 40.9 Å². The molecule has 1 aromatic carbocycles. The van der Waals surface area contributed by atoms with E-state index in [-0.39, 0.29) is 17.3 Å². The Morgan fingerprint density at radius 3 is 2.60 bits per heavy atom. The molecule has 0 radical (unpaired) electrons. The average molecular weight is 377 g/mol. The first kappa shape index (κ1) is 17.3. The van der Waals surface area contributed by atoms with E-state index in [0.29, 0.717) is 16.4 Å². The summed E-state index contributed by atoms with van der Waals surface area (Å²) in [6.07, 6.45) is 3.15. The fourth-order valence-corrected chi connectivity index (χ4v) is 3.78. The lowest BCUT2D eigenvalue weighted by Crippen LogP contribution is -2.26. The molecule has 0 fully saturated rings. The molecular weight excluding hydrogens is 362 g/mol. The second kappa shape index (κ2) is 7.13. The molecule has 0 atom stereocenters. The van der Waals surface area contributed by atoms with Crippen molar-refractivity contribution in [2.75, 3.05) is 12.4 Å². The highest BCUT2D eigenvalue weighted by Crippen LogP contribution is 2.18. The highest BCUT2D eigenvalue weighted by atomic mass is 32.2. The number of carbonyl (C=O) groups is 1. The van der Waals surface area contributed by atoms with Gasteiger partial charge in [0, 0.05) is 30.4 Å². The van der Waals surface area contributed by atoms with Crippen LogP contribution in [0.3, 0.4) is 0 Å². The van der Waals surface area contributed by atoms with Gasteiger partial charge in [-0.05, 0) is 30.3 Å². The molecule has 2 N–H and O–H groups in total. The molecule has 2 aromatic heterocycles. The lowest BCUT2D eigenvalue weighted by atomic mass is 10.2. The number of thiazole rings is 1. The van der Waals surface area contributed by atoms with Crippen LogP contribution in [0.4, 0.5) is 5.13 Å². The number of rotatable bonds is 6. The Bertz CT molecular complexity index is 936. The summed E-state index contributed by atoms with van der Waals surface area (Å²) in [5.74, 6) is -0.343. The lowest BCUT2D eigenvalue weighted by molar-refractivity contribution is 0.102. The van der Waals surface area contributed by atoms with Gasteiger partial charge in [0.15, 0.2) is 5.13 Å². The first-order chi connectivity index (χ1) is 12.0. The maximum absolute atomic E-state index is 12.6. The number of nitrogens with one attached hydrogen (secondary N) is 2. The first-order valence-corrected chi connectivity index (χ1v) is 9.54. The van der Waals surface area contributed by atoms with Crippen LogP contribution >= 0.6 is 11.3 Å². The minimum atomic E-state index is -3.66. The minimum Gasteiger partial charge on any atom is -0.298 e. The quantitative estimate of drug-likeness (QED) is 0.682. The number of hydrogen-bond donors (Lipinski definition) is 2. The SMILES string of the molecule is CN(Cc1ccn[nH]1)S(=O)(=O)c1ccc(C(=O)Nc2nccs2)cc1. The van der Waals surface area contributed by atoms with E-state index in [9.17, 15) is 13.2 Å². The molecule has 8 nitrogen and oxygen atoms in total. The number of carbonyl (C=O) groups excluding carboxylic acids is 1. The number of benzene rings is 1. The number of aromatic amines is 1. The maximum atomic E-state index is 12.6. The zero-order valence-corrected chi connectivity index (χ0v) is 14.8. The molecule has 0 saturated carbocycles. The second-order valence-corrected chi connectivity index (χ2v) is 8.10. The van der Waals surface area contributed by atoms with Gasteiger partial charge >= 0.3 is 0 Å². The van der Waals surface area contributed by atoms with E-state index in [1.165, 1.54) is 47.0 Å². The van der Waals surface area contributed by atoms with Gasteiger partial charge in [-0.15, -0.1) is 11.3 Å². The van der Waals surface area contributed by atoms with Gasteiger partial charge in [-0.2, -0.15) is 9.40 Å². The van der Waals surface area contributed by atoms with Gasteiger partial charge in [-0.1, -0.05) is 0 Å². The third kappa shape index (κ3) is 3.92. The van der Waals surface area contributed by atoms with Crippen molar-refractivity contribution in [3.8, 4) is 0 Å². The molecule has 3 aromatic rings. The highest BCUT2D eigenvalue weighted by Gasteiger charge is 2.21. The number of hydrogen-bond acceptors (Lipinski definition) is 6. The molecule has 0 saturated heterocycles. The first-order valence-electron chi connectivity index (χ1n) is 7.22. The summed E-state index contributed by atoms with van der Waals surface area (Å²) < 4.78 is 26.4. The van der Waals surface area contributed by atoms with E-state index in [4.69, 9.17) is 0 Å². The number of H-pyrrole nitrogens is 1. The fraction of sp³-hybridized carbons (Fsp3) is 0.133. The van der Waals surface area contributed by atoms with Crippen LogP contribution in [0.5, 0.6) is 0 Å². The van der Waals surface area contributed by atoms with Gasteiger partial charge in [0.1, 0.15) is 0 Å². The Balaban J connectivity index is 1.73. The fourth-order valence-electron chi connectivity index (χ4n) is 2.11. The number of aromatic nitrogens is 3. The lowest BCUT2D eigenvalue weighted by Gasteiger charge is -2.16. The minimum absolute atomic E-state index is 0.111. The van der Waals surface area contributed by atoms with Crippen LogP contribution < -0.4 is 5.32 Å². The summed E-state index contributed by atoms with van der Waals surface area (Å²) in [5, 5.41) is 11.4. The number of anilines is 1. The third-order valence-corrected chi connectivity index (χ3v) is 5.94. The van der Waals surface area contributed by atoms with Gasteiger partial charge in [0.25, 0.3) is 5.91 Å². The Labute approximate surface area is 148 Å². The molecule has 0 aliphatic heterocycles. The van der Waals surface area contributed by atoms with Gasteiger partial charge in [-0.3, -0.25) is 15.2 Å². The van der Waals surface area contributed by atoms with Crippen molar-refractivity contribution in [1.29, 1.82) is 0 Å². The van der Waals surface area contributed by atoms with Gasteiger partial charge in [-0.25, -0.2) is 13.4 Å². The zero-order chi connectivity index (χ0) is 17.9. The predicted molar refractivity (Wildman–Crippen MR) is 93.7 cm³/mol. The molecule has 3 rings (SSSR count). The summed E-state index contributed by atoms with van der Waals surface area (Å²) >= 11 is 1.31. The largest absolute Gasteiger partial charge is 0.298 e. The molecule has 0 bridgehead atoms. The van der Waals surface area contributed by atoms with Crippen molar-refractivity contribution in [2.24, 2.45) is 0 Å². The molecule has 0 aliphatic carbocycles. The van der Waals surface area contributed by atoms with Crippen LogP contribution in [0.2, 0.25) is 0 Å². The van der Waals surface area contributed by atoms with Crippen molar-refractivity contribution < 1.29 is 13.2 Å². The average Bonchev–Trinajstić information content (AvgIpc) is 3.29. The number of amides is 1. The van der Waals surface area contributed by atoms with Crippen molar-refractivity contribution in [3.05, 3.63) is 59.4 Å². The summed E-state index contributed by atoms with van der Waals surface area (Å²) in [6, 6.07) is 7.48. The Hall–Kier alpha value is -2.56. The van der Waals surface area contributed by atoms with E-state index in [1.807, 2.05) is 0 Å². The van der Waals surface area contributed by atoms with E-state index in [0.717, 1.165) is 0 Å². The molecule has 130 valence electrons. The van der Waals surface area contributed by atoms with Crippen LogP contribution in [0.25, 0.3) is 0 Å². The molecule has 25 heavy (non-hydrogen) atoms. The monoisotopic (exact) mass is 377 g/mol. The Kier molecular flexibility index (Phi) is 4.93. The van der Waals surface area contributed by atoms with Crippen molar-refractivity contribution in [2.45, 2.75) is 11.4 Å². The maximum Gasteiger partial charge on any atom is 0.257 e. The van der Waals surface area contributed by atoms with Gasteiger partial charge in [0.2, 0.25) is 10.0 Å². The number of sulfonamides is 1. The number of nitrogens with zero attached hydrogens (tertiary/aromatic N) is 3. The summed E-state index contributed by atoms with van der Waals surface area (Å²) in [5.41, 5.74) is 1.04. The summed E-state index contributed by atoms with van der Waals surface area (Å²) in [4.78, 5) is 16.2. The van der Waals surface area contributed by atoms with Crippen molar-refractivity contribution in [1.82, 2.24) is 19.5 Å². The molecule has 0 spiro atoms. The van der Waals surface area contributed by atoms with E-state index >= 15 is 0 Å². The summed E-state index contributed by atoms with van der Waals surface area (Å²) in [7, 11) is -2.18. The summed E-state index contributed by atoms with van der Waals surface area (Å²) in [6.45, 7) is 0.175. The molecule has 0 aliphatic rings. The van der Waals surface area contributed by atoms with E-state index in [2.05, 4.69) is 20.5 Å². The predicted octanol–water partition coefficient (Wildman–Crippen LogP) is 1.94. The van der Waals surface area contributed by atoms with E-state index < -0.39 is 10.0 Å². The van der Waals surface area contributed by atoms with Gasteiger partial charge < -0.3 is 0 Å². The highest BCUT2D eigenvalue weighted by molar-refractivity contribution is 7.89. The van der Waals surface area contributed by atoms with Gasteiger partial charge in [0.05, 0.1) is 17.1 Å². The normalized spacial score (nSPS) is 11.6. The topological polar surface area (TPSA) is 108 Å². The van der Waals surface area contributed by atoms with Crippen LogP contribution in [0.1, 0.15) is 16.1 Å². The Morgan fingerprint density at radius 1 is 1.24 bits per heavy atom. The zero-order valence-electron chi connectivity index (χ0n) is 13.2. The smallest absolute Gasteiger partial charge is 0.257 e. The second-order valence-electron chi connectivity index (χ2n) is 5.16. The molecule has 0 unspecified atom stereocenters. The molecular formula is C15H15N5O3S2. The molecule has 10 heteroatoms. The van der Waals surface area contributed by atoms with Crippen molar-refractivity contribution in [3.63, 3.8) is 0 Å².